The summed E-state index contributed by atoms with van der Waals surface area (Å²) in [7, 11) is 0. The van der Waals surface area contributed by atoms with Crippen LogP contribution in [0.3, 0.4) is 0 Å². The molecule has 6 nitrogen and oxygen atoms in total. The first-order chi connectivity index (χ1) is 19.0. The number of aryl methyl sites for hydroxylation is 1. The number of esters is 1. The molecule has 0 fully saturated rings. The van der Waals surface area contributed by atoms with E-state index in [9.17, 15) is 9.59 Å². The number of amides is 1. The number of benzene rings is 4. The van der Waals surface area contributed by atoms with Crippen molar-refractivity contribution >= 4 is 40.1 Å². The topological polar surface area (TPSA) is 77.5 Å². The predicted octanol–water partition coefficient (Wildman–Crippen LogP) is 7.24. The van der Waals surface area contributed by atoms with Crippen LogP contribution in [-0.4, -0.2) is 23.5 Å². The summed E-state index contributed by atoms with van der Waals surface area (Å²) < 4.78 is 11.3. The smallest absolute Gasteiger partial charge is 0.339 e. The molecule has 4 aromatic carbocycles. The van der Waals surface area contributed by atoms with Gasteiger partial charge >= 0.3 is 5.97 Å². The van der Waals surface area contributed by atoms with Crippen LogP contribution < -0.4 is 10.1 Å². The van der Waals surface area contributed by atoms with Crippen molar-refractivity contribution in [3.63, 3.8) is 0 Å². The number of pyridine rings is 1. The number of nitrogens with zero attached hydrogens (tertiary/aromatic N) is 1. The third kappa shape index (κ3) is 6.43. The molecule has 0 aliphatic heterocycles. The van der Waals surface area contributed by atoms with Gasteiger partial charge in [-0.1, -0.05) is 66.2 Å². The molecule has 0 atom stereocenters. The molecule has 0 aliphatic rings. The molecule has 5 rings (SSSR count). The van der Waals surface area contributed by atoms with E-state index in [0.29, 0.717) is 39.5 Å². The van der Waals surface area contributed by atoms with E-state index in [4.69, 9.17) is 26.1 Å². The number of nitrogens with one attached hydrogen (secondary N) is 1. The molecule has 0 bridgehead atoms. The van der Waals surface area contributed by atoms with E-state index < -0.39 is 18.5 Å². The monoisotopic (exact) mass is 536 g/mol. The molecule has 1 aromatic heterocycles. The Balaban J connectivity index is 1.32. The van der Waals surface area contributed by atoms with Crippen LogP contribution in [0, 0.1) is 6.92 Å². The Labute approximate surface area is 231 Å². The molecule has 194 valence electrons. The quantitative estimate of drug-likeness (QED) is 0.211. The Morgan fingerprint density at radius 3 is 2.41 bits per heavy atom. The zero-order valence-electron chi connectivity index (χ0n) is 21.2. The molecule has 0 radical (unpaired) electrons. The zero-order chi connectivity index (χ0) is 27.2. The van der Waals surface area contributed by atoms with Crippen LogP contribution in [0.25, 0.3) is 22.2 Å². The second kappa shape index (κ2) is 11.8. The highest BCUT2D eigenvalue weighted by Gasteiger charge is 2.17. The summed E-state index contributed by atoms with van der Waals surface area (Å²) in [5.74, 6) is -0.349. The Morgan fingerprint density at radius 2 is 1.62 bits per heavy atom. The summed E-state index contributed by atoms with van der Waals surface area (Å²) in [5, 5.41) is 3.87. The first kappa shape index (κ1) is 25.9. The Hall–Kier alpha value is -4.68. The van der Waals surface area contributed by atoms with Gasteiger partial charge in [-0.25, -0.2) is 9.78 Å². The minimum Gasteiger partial charge on any atom is -0.489 e. The summed E-state index contributed by atoms with van der Waals surface area (Å²) in [6.07, 6.45) is 0. The lowest BCUT2D eigenvalue weighted by molar-refractivity contribution is -0.119. The Kier molecular flexibility index (Phi) is 7.85. The summed E-state index contributed by atoms with van der Waals surface area (Å²) in [6, 6.07) is 31.7. The Morgan fingerprint density at radius 1 is 0.872 bits per heavy atom. The second-order valence-electron chi connectivity index (χ2n) is 8.95. The molecule has 39 heavy (non-hydrogen) atoms. The van der Waals surface area contributed by atoms with Crippen molar-refractivity contribution in [2.45, 2.75) is 13.5 Å². The molecule has 0 saturated carbocycles. The number of aromatic nitrogens is 1. The van der Waals surface area contributed by atoms with Gasteiger partial charge in [-0.2, -0.15) is 0 Å². The fourth-order valence-electron chi connectivity index (χ4n) is 4.08. The fraction of sp³-hybridized carbons (Fsp3) is 0.0938. The normalized spacial score (nSPS) is 10.7. The summed E-state index contributed by atoms with van der Waals surface area (Å²) in [5.41, 5.74) is 4.89. The van der Waals surface area contributed by atoms with E-state index in [1.54, 1.807) is 30.3 Å². The second-order valence-corrected chi connectivity index (χ2v) is 9.39. The average molecular weight is 537 g/mol. The minimum absolute atomic E-state index is 0.326. The van der Waals surface area contributed by atoms with Gasteiger partial charge in [0.25, 0.3) is 5.91 Å². The summed E-state index contributed by atoms with van der Waals surface area (Å²) >= 11 is 6.03. The molecule has 0 unspecified atom stereocenters. The number of ether oxygens (including phenoxy) is 2. The van der Waals surface area contributed by atoms with Crippen molar-refractivity contribution in [1.29, 1.82) is 0 Å². The molecule has 0 saturated heterocycles. The number of rotatable bonds is 8. The maximum absolute atomic E-state index is 13.1. The van der Waals surface area contributed by atoms with Gasteiger partial charge in [0, 0.05) is 21.7 Å². The van der Waals surface area contributed by atoms with Crippen molar-refractivity contribution in [3.8, 4) is 17.0 Å². The molecule has 1 amide bonds. The van der Waals surface area contributed by atoms with Gasteiger partial charge in [0.05, 0.1) is 16.8 Å². The zero-order valence-corrected chi connectivity index (χ0v) is 21.9. The summed E-state index contributed by atoms with van der Waals surface area (Å²) in [4.78, 5) is 30.3. The molecule has 1 heterocycles. The number of halogens is 1. The van der Waals surface area contributed by atoms with Gasteiger partial charge in [-0.05, 0) is 66.6 Å². The average Bonchev–Trinajstić information content (AvgIpc) is 2.97. The van der Waals surface area contributed by atoms with Crippen LogP contribution in [0.2, 0.25) is 5.02 Å². The first-order valence-corrected chi connectivity index (χ1v) is 12.7. The lowest BCUT2D eigenvalue weighted by Crippen LogP contribution is -2.21. The largest absolute Gasteiger partial charge is 0.489 e. The van der Waals surface area contributed by atoms with E-state index in [-0.39, 0.29) is 0 Å². The molecule has 1 N–H and O–H groups in total. The molecular weight excluding hydrogens is 512 g/mol. The number of fused-ring (bicyclic) bond motifs is 1. The maximum Gasteiger partial charge on any atom is 0.339 e. The third-order valence-corrected chi connectivity index (χ3v) is 6.38. The lowest BCUT2D eigenvalue weighted by atomic mass is 10.0. The standard InChI is InChI=1S/C32H25ClN2O4/c1-21-11-14-24(33)17-29(21)35-31(36)20-39-32(37)27-18-30(34-28-10-6-5-9-26(27)28)23-12-15-25(16-13-23)38-19-22-7-3-2-4-8-22/h2-18H,19-20H2,1H3,(H,35,36). The predicted molar refractivity (Wildman–Crippen MR) is 153 cm³/mol. The van der Waals surface area contributed by atoms with Crippen LogP contribution in [-0.2, 0) is 16.1 Å². The van der Waals surface area contributed by atoms with Crippen LogP contribution in [0.4, 0.5) is 5.69 Å². The van der Waals surface area contributed by atoms with Crippen LogP contribution in [0.15, 0.2) is 103 Å². The van der Waals surface area contributed by atoms with E-state index in [1.165, 1.54) is 0 Å². The van der Waals surface area contributed by atoms with Crippen LogP contribution >= 0.6 is 11.6 Å². The van der Waals surface area contributed by atoms with E-state index in [1.807, 2.05) is 79.7 Å². The number of carbonyl (C=O) groups is 2. The number of hydrogen-bond acceptors (Lipinski definition) is 5. The molecule has 5 aromatic rings. The highest BCUT2D eigenvalue weighted by molar-refractivity contribution is 6.31. The van der Waals surface area contributed by atoms with Gasteiger partial charge in [-0.3, -0.25) is 4.79 Å². The van der Waals surface area contributed by atoms with Gasteiger partial charge in [-0.15, -0.1) is 0 Å². The van der Waals surface area contributed by atoms with Gasteiger partial charge < -0.3 is 14.8 Å². The summed E-state index contributed by atoms with van der Waals surface area (Å²) in [6.45, 7) is 1.88. The molecule has 0 aliphatic carbocycles. The third-order valence-electron chi connectivity index (χ3n) is 6.14. The fourth-order valence-corrected chi connectivity index (χ4v) is 4.25. The van der Waals surface area contributed by atoms with Crippen molar-refractivity contribution in [1.82, 2.24) is 4.98 Å². The number of anilines is 1. The highest BCUT2D eigenvalue weighted by Crippen LogP contribution is 2.27. The molecule has 0 spiro atoms. The van der Waals surface area contributed by atoms with E-state index in [0.717, 1.165) is 22.4 Å². The van der Waals surface area contributed by atoms with E-state index >= 15 is 0 Å². The minimum atomic E-state index is -0.615. The van der Waals surface area contributed by atoms with Gasteiger partial charge in [0.15, 0.2) is 6.61 Å². The SMILES string of the molecule is Cc1ccc(Cl)cc1NC(=O)COC(=O)c1cc(-c2ccc(OCc3ccccc3)cc2)nc2ccccc12. The van der Waals surface area contributed by atoms with Crippen molar-refractivity contribution < 1.29 is 19.1 Å². The first-order valence-electron chi connectivity index (χ1n) is 12.4. The maximum atomic E-state index is 13.1. The Bertz CT molecular complexity index is 1640. The van der Waals surface area contributed by atoms with Crippen molar-refractivity contribution in [3.05, 3.63) is 125 Å². The molecular formula is C32H25ClN2O4. The molecule has 7 heteroatoms. The van der Waals surface area contributed by atoms with Crippen LogP contribution in [0.1, 0.15) is 21.5 Å². The number of hydrogen-bond donors (Lipinski definition) is 1. The lowest BCUT2D eigenvalue weighted by Gasteiger charge is -2.12. The number of para-hydroxylation sites is 1. The van der Waals surface area contributed by atoms with E-state index in [2.05, 4.69) is 5.32 Å². The highest BCUT2D eigenvalue weighted by atomic mass is 35.5. The van der Waals surface area contributed by atoms with Crippen LogP contribution in [0.5, 0.6) is 5.75 Å². The van der Waals surface area contributed by atoms with Crippen molar-refractivity contribution in [2.24, 2.45) is 0 Å². The van der Waals surface area contributed by atoms with Gasteiger partial charge in [0.1, 0.15) is 12.4 Å². The number of carbonyl (C=O) groups excluding carboxylic acids is 2. The van der Waals surface area contributed by atoms with Crippen molar-refractivity contribution in [2.75, 3.05) is 11.9 Å². The van der Waals surface area contributed by atoms with Gasteiger partial charge in [0.2, 0.25) is 0 Å².